The monoisotopic (exact) mass is 174 g/mol. The number of alkyl halides is 3. The van der Waals surface area contributed by atoms with Crippen molar-refractivity contribution >= 4 is 11.8 Å². The van der Waals surface area contributed by atoms with Crippen LogP contribution in [0.5, 0.6) is 0 Å². The maximum atomic E-state index is 11.2. The van der Waals surface area contributed by atoms with Gasteiger partial charge in [0.1, 0.15) is 0 Å². The molecule has 0 amide bonds. The third-order valence-corrected chi connectivity index (χ3v) is 0.628. The number of methoxy groups -OCH3 is 1. The number of hydrogen-bond acceptors (Lipinski definition) is 3. The molecule has 0 unspecified atom stereocenters. The third kappa shape index (κ3) is 3.56. The van der Waals surface area contributed by atoms with E-state index in [1.807, 2.05) is 0 Å². The van der Waals surface area contributed by atoms with Gasteiger partial charge in [0.2, 0.25) is 0 Å². The molecule has 0 bridgehead atoms. The zero-order valence-electron chi connectivity index (χ0n) is 5.36. The van der Waals surface area contributed by atoms with E-state index >= 15 is 0 Å². The van der Waals surface area contributed by atoms with Crippen molar-refractivity contribution in [1.82, 2.24) is 0 Å². The Hall–Kier alpha value is -1.11. The summed E-state index contributed by atoms with van der Waals surface area (Å²) in [5, 5.41) is 0. The topological polar surface area (TPSA) is 74.9 Å². The number of carbonyl (C=O) groups excluding carboxylic acids is 2. The van der Waals surface area contributed by atoms with E-state index in [2.05, 4.69) is 4.74 Å². The average Bonchev–Trinajstić information content (AvgIpc) is 1.83. The molecule has 0 aliphatic rings. The van der Waals surface area contributed by atoms with Crippen molar-refractivity contribution in [2.24, 2.45) is 0 Å². The van der Waals surface area contributed by atoms with Gasteiger partial charge in [-0.25, -0.2) is 4.79 Å². The molecule has 0 saturated heterocycles. The second-order valence-electron chi connectivity index (χ2n) is 1.32. The van der Waals surface area contributed by atoms with Crippen LogP contribution in [0.15, 0.2) is 0 Å². The summed E-state index contributed by atoms with van der Waals surface area (Å²) in [5.74, 6) is -4.39. The summed E-state index contributed by atoms with van der Waals surface area (Å²) in [5.41, 5.74) is 0. The summed E-state index contributed by atoms with van der Waals surface area (Å²) in [7, 11) is 0.700. The standard InChI is InChI=1S/C4H3F3O3.H2O/c1-10-3(9)2(8)4(5,6)7;/h1H3;1H2. The lowest BCUT2D eigenvalue weighted by Crippen LogP contribution is -2.31. The van der Waals surface area contributed by atoms with Crippen molar-refractivity contribution < 1.29 is 33.0 Å². The fourth-order valence-electron chi connectivity index (χ4n) is 0.208. The molecule has 0 aromatic rings. The zero-order valence-corrected chi connectivity index (χ0v) is 5.36. The van der Waals surface area contributed by atoms with Gasteiger partial charge >= 0.3 is 17.9 Å². The number of hydrogen-bond donors (Lipinski definition) is 0. The Morgan fingerprint density at radius 2 is 1.64 bits per heavy atom. The quantitative estimate of drug-likeness (QED) is 0.396. The molecule has 0 rings (SSSR count). The highest BCUT2D eigenvalue weighted by atomic mass is 19.4. The van der Waals surface area contributed by atoms with Crippen LogP contribution < -0.4 is 0 Å². The van der Waals surface area contributed by atoms with Crippen molar-refractivity contribution in [1.29, 1.82) is 0 Å². The molecular weight excluding hydrogens is 169 g/mol. The first kappa shape index (κ1) is 12.6. The molecular formula is C4H5F3O4. The lowest BCUT2D eigenvalue weighted by atomic mass is 10.4. The molecule has 0 aromatic carbocycles. The highest BCUT2D eigenvalue weighted by Gasteiger charge is 2.44. The SMILES string of the molecule is COC(=O)C(=O)C(F)(F)F.O. The second kappa shape index (κ2) is 3.91. The van der Waals surface area contributed by atoms with Crippen LogP contribution in [0.4, 0.5) is 13.2 Å². The van der Waals surface area contributed by atoms with Crippen molar-refractivity contribution in [3.63, 3.8) is 0 Å². The summed E-state index contributed by atoms with van der Waals surface area (Å²) in [6.07, 6.45) is -5.13. The number of ether oxygens (including phenoxy) is 1. The Bertz CT molecular complexity index is 161. The maximum absolute atomic E-state index is 11.2. The van der Waals surface area contributed by atoms with E-state index < -0.39 is 17.9 Å². The van der Waals surface area contributed by atoms with E-state index in [1.165, 1.54) is 0 Å². The van der Waals surface area contributed by atoms with Crippen LogP contribution in [-0.4, -0.2) is 30.5 Å². The van der Waals surface area contributed by atoms with Gasteiger partial charge in [0.25, 0.3) is 0 Å². The van der Waals surface area contributed by atoms with E-state index in [9.17, 15) is 22.8 Å². The summed E-state index contributed by atoms with van der Waals surface area (Å²) < 4.78 is 37.2. The third-order valence-electron chi connectivity index (χ3n) is 0.628. The van der Waals surface area contributed by atoms with Crippen LogP contribution in [0.3, 0.4) is 0 Å². The van der Waals surface area contributed by atoms with Crippen molar-refractivity contribution in [3.8, 4) is 0 Å². The van der Waals surface area contributed by atoms with Crippen LogP contribution >= 0.6 is 0 Å². The molecule has 66 valence electrons. The molecule has 0 heterocycles. The Morgan fingerprint density at radius 1 is 1.27 bits per heavy atom. The highest BCUT2D eigenvalue weighted by Crippen LogP contribution is 2.15. The predicted molar refractivity (Wildman–Crippen MR) is 26.7 cm³/mol. The number of Topliss-reactive ketones (excluding diaryl/α,β-unsaturated/α-hetero) is 1. The summed E-state index contributed by atoms with van der Waals surface area (Å²) in [6.45, 7) is 0. The van der Waals surface area contributed by atoms with Crippen LogP contribution in [0.1, 0.15) is 0 Å². The van der Waals surface area contributed by atoms with E-state index in [0.29, 0.717) is 7.11 Å². The fourth-order valence-corrected chi connectivity index (χ4v) is 0.208. The van der Waals surface area contributed by atoms with Crippen molar-refractivity contribution in [3.05, 3.63) is 0 Å². The largest absolute Gasteiger partial charge is 0.463 e. The van der Waals surface area contributed by atoms with Gasteiger partial charge in [-0.15, -0.1) is 0 Å². The van der Waals surface area contributed by atoms with Crippen molar-refractivity contribution in [2.45, 2.75) is 6.18 Å². The van der Waals surface area contributed by atoms with Gasteiger partial charge in [0.05, 0.1) is 7.11 Å². The minimum absolute atomic E-state index is 0. The number of carbonyl (C=O) groups is 2. The molecule has 0 saturated carbocycles. The molecule has 0 aromatic heterocycles. The first-order chi connectivity index (χ1) is 4.39. The molecule has 2 N–H and O–H groups in total. The number of rotatable bonds is 1. The molecule has 0 radical (unpaired) electrons. The Kier molecular flexibility index (Phi) is 4.47. The lowest BCUT2D eigenvalue weighted by molar-refractivity contribution is -0.182. The molecule has 0 spiro atoms. The normalized spacial score (nSPS) is 9.82. The zero-order chi connectivity index (χ0) is 8.36. The number of ketones is 1. The van der Waals surface area contributed by atoms with E-state index in [0.717, 1.165) is 0 Å². The van der Waals surface area contributed by atoms with Crippen LogP contribution in [0.2, 0.25) is 0 Å². The predicted octanol–water partition coefficient (Wildman–Crippen LogP) is -0.534. The van der Waals surface area contributed by atoms with Crippen LogP contribution in [0.25, 0.3) is 0 Å². The molecule has 0 atom stereocenters. The smallest absolute Gasteiger partial charge is 0.461 e. The van der Waals surface area contributed by atoms with Gasteiger partial charge in [0, 0.05) is 0 Å². The number of esters is 1. The lowest BCUT2D eigenvalue weighted by Gasteiger charge is -2.00. The van der Waals surface area contributed by atoms with E-state index in [4.69, 9.17) is 0 Å². The summed E-state index contributed by atoms with van der Waals surface area (Å²) in [6, 6.07) is 0. The van der Waals surface area contributed by atoms with Gasteiger partial charge in [-0.2, -0.15) is 13.2 Å². The Morgan fingerprint density at radius 3 is 1.73 bits per heavy atom. The number of halogens is 3. The molecule has 0 aliphatic heterocycles. The fraction of sp³-hybridized carbons (Fsp3) is 0.500. The van der Waals surface area contributed by atoms with Gasteiger partial charge < -0.3 is 10.2 Å². The minimum atomic E-state index is -5.13. The van der Waals surface area contributed by atoms with Crippen LogP contribution in [-0.2, 0) is 14.3 Å². The molecule has 11 heavy (non-hydrogen) atoms. The van der Waals surface area contributed by atoms with Gasteiger partial charge in [-0.1, -0.05) is 0 Å². The first-order valence-electron chi connectivity index (χ1n) is 2.09. The summed E-state index contributed by atoms with van der Waals surface area (Å²) in [4.78, 5) is 19.7. The molecule has 0 aliphatic carbocycles. The average molecular weight is 174 g/mol. The second-order valence-corrected chi connectivity index (χ2v) is 1.32. The maximum Gasteiger partial charge on any atom is 0.461 e. The summed E-state index contributed by atoms with van der Waals surface area (Å²) >= 11 is 0. The molecule has 7 heteroatoms. The minimum Gasteiger partial charge on any atom is -0.463 e. The molecule has 0 fully saturated rings. The first-order valence-corrected chi connectivity index (χ1v) is 2.09. The van der Waals surface area contributed by atoms with Crippen LogP contribution in [0, 0.1) is 0 Å². The Labute approximate surface area is 59.2 Å². The van der Waals surface area contributed by atoms with E-state index in [1.54, 1.807) is 0 Å². The Balaban J connectivity index is 0. The van der Waals surface area contributed by atoms with Gasteiger partial charge in [-0.05, 0) is 0 Å². The van der Waals surface area contributed by atoms with Crippen molar-refractivity contribution in [2.75, 3.05) is 7.11 Å². The highest BCUT2D eigenvalue weighted by molar-refractivity contribution is 6.35. The van der Waals surface area contributed by atoms with Gasteiger partial charge in [0.15, 0.2) is 0 Å². The van der Waals surface area contributed by atoms with E-state index in [-0.39, 0.29) is 5.48 Å². The van der Waals surface area contributed by atoms with Gasteiger partial charge in [-0.3, -0.25) is 4.79 Å². The molecule has 4 nitrogen and oxygen atoms in total.